The lowest BCUT2D eigenvalue weighted by Gasteiger charge is -2.05. The smallest absolute Gasteiger partial charge is 0.282 e. The van der Waals surface area contributed by atoms with Crippen molar-refractivity contribution in [2.75, 3.05) is 5.32 Å². The van der Waals surface area contributed by atoms with E-state index in [0.29, 0.717) is 21.1 Å². The molecule has 2 aromatic carbocycles. The van der Waals surface area contributed by atoms with Crippen LogP contribution in [0, 0.1) is 10.1 Å². The van der Waals surface area contributed by atoms with Gasteiger partial charge in [0.05, 0.1) is 26.0 Å². The Hall–Kier alpha value is -2.42. The summed E-state index contributed by atoms with van der Waals surface area (Å²) in [6.45, 7) is 0.400. The molecular weight excluding hydrogens is 459 g/mol. The standard InChI is InChI=1S/C17H11BrCl2N4O3/c18-12-9-23(8-10-5-6-13(19)14(20)7-10)22-16(12)21-17(25)11-3-1-2-4-15(11)24(26)27/h1-7,9H,8H2,(H,21,22,25). The van der Waals surface area contributed by atoms with Crippen molar-refractivity contribution in [3.8, 4) is 0 Å². The molecule has 0 radical (unpaired) electrons. The van der Waals surface area contributed by atoms with E-state index < -0.39 is 10.8 Å². The number of hydrogen-bond acceptors (Lipinski definition) is 4. The predicted molar refractivity (Wildman–Crippen MR) is 107 cm³/mol. The molecule has 0 spiro atoms. The molecule has 138 valence electrons. The number of nitrogens with one attached hydrogen (secondary N) is 1. The fraction of sp³-hybridized carbons (Fsp3) is 0.0588. The van der Waals surface area contributed by atoms with Gasteiger partial charge in [-0.1, -0.05) is 41.4 Å². The molecule has 0 bridgehead atoms. The van der Waals surface area contributed by atoms with E-state index >= 15 is 0 Å². The average molecular weight is 470 g/mol. The van der Waals surface area contributed by atoms with E-state index in [9.17, 15) is 14.9 Å². The Morgan fingerprint density at radius 3 is 2.67 bits per heavy atom. The molecule has 0 aliphatic rings. The monoisotopic (exact) mass is 468 g/mol. The highest BCUT2D eigenvalue weighted by Gasteiger charge is 2.21. The van der Waals surface area contributed by atoms with Crippen molar-refractivity contribution in [2.45, 2.75) is 6.54 Å². The summed E-state index contributed by atoms with van der Waals surface area (Å²) in [4.78, 5) is 22.9. The maximum absolute atomic E-state index is 12.4. The van der Waals surface area contributed by atoms with Gasteiger partial charge in [0.25, 0.3) is 11.6 Å². The van der Waals surface area contributed by atoms with Crippen molar-refractivity contribution in [3.05, 3.63) is 84.4 Å². The number of benzene rings is 2. The molecule has 0 saturated carbocycles. The van der Waals surface area contributed by atoms with Crippen LogP contribution in [-0.4, -0.2) is 20.6 Å². The highest BCUT2D eigenvalue weighted by atomic mass is 79.9. The zero-order valence-electron chi connectivity index (χ0n) is 13.5. The minimum Gasteiger partial charge on any atom is -0.304 e. The first kappa shape index (κ1) is 19.3. The van der Waals surface area contributed by atoms with E-state index in [2.05, 4.69) is 26.3 Å². The number of nitro groups is 1. The predicted octanol–water partition coefficient (Wildman–Crippen LogP) is 5.16. The van der Waals surface area contributed by atoms with E-state index in [1.54, 1.807) is 29.1 Å². The summed E-state index contributed by atoms with van der Waals surface area (Å²) in [5.74, 6) is -0.374. The van der Waals surface area contributed by atoms with Crippen molar-refractivity contribution < 1.29 is 9.72 Å². The van der Waals surface area contributed by atoms with Gasteiger partial charge in [0.2, 0.25) is 0 Å². The molecule has 1 amide bonds. The summed E-state index contributed by atoms with van der Waals surface area (Å²) < 4.78 is 2.13. The van der Waals surface area contributed by atoms with E-state index in [0.717, 1.165) is 5.56 Å². The highest BCUT2D eigenvalue weighted by molar-refractivity contribution is 9.10. The molecule has 3 aromatic rings. The van der Waals surface area contributed by atoms with Crippen LogP contribution >= 0.6 is 39.1 Å². The van der Waals surface area contributed by atoms with Gasteiger partial charge in [0.1, 0.15) is 5.56 Å². The second-order valence-electron chi connectivity index (χ2n) is 5.50. The van der Waals surface area contributed by atoms with Crippen molar-refractivity contribution in [1.29, 1.82) is 0 Å². The van der Waals surface area contributed by atoms with Gasteiger partial charge in [-0.05, 0) is 39.7 Å². The van der Waals surface area contributed by atoms with Crippen LogP contribution in [0.3, 0.4) is 0 Å². The molecule has 27 heavy (non-hydrogen) atoms. The van der Waals surface area contributed by atoms with E-state index in [1.165, 1.54) is 18.2 Å². The second-order valence-corrected chi connectivity index (χ2v) is 7.17. The first-order chi connectivity index (χ1) is 12.8. The Bertz CT molecular complexity index is 1040. The van der Waals surface area contributed by atoms with Gasteiger partial charge in [-0.3, -0.25) is 19.6 Å². The van der Waals surface area contributed by atoms with Gasteiger partial charge < -0.3 is 5.32 Å². The van der Waals surface area contributed by atoms with Crippen LogP contribution in [0.2, 0.25) is 10.0 Å². The third-order valence-electron chi connectivity index (χ3n) is 3.62. The number of carbonyl (C=O) groups excluding carboxylic acids is 1. The zero-order valence-corrected chi connectivity index (χ0v) is 16.6. The number of hydrogen-bond donors (Lipinski definition) is 1. The number of nitrogens with zero attached hydrogens (tertiary/aromatic N) is 3. The number of aromatic nitrogens is 2. The summed E-state index contributed by atoms with van der Waals surface area (Å²) in [6, 6.07) is 10.9. The Balaban J connectivity index is 1.80. The largest absolute Gasteiger partial charge is 0.304 e. The summed E-state index contributed by atoms with van der Waals surface area (Å²) in [5, 5.41) is 18.8. The van der Waals surface area contributed by atoms with Crippen molar-refractivity contribution in [3.63, 3.8) is 0 Å². The second kappa shape index (κ2) is 8.08. The van der Waals surface area contributed by atoms with Crippen LogP contribution in [0.25, 0.3) is 0 Å². The van der Waals surface area contributed by atoms with Crippen molar-refractivity contribution in [1.82, 2.24) is 9.78 Å². The number of carbonyl (C=O) groups is 1. The summed E-state index contributed by atoms with van der Waals surface area (Å²) >= 11 is 15.2. The third kappa shape index (κ3) is 4.47. The number of amides is 1. The van der Waals surface area contributed by atoms with Gasteiger partial charge in [-0.2, -0.15) is 5.10 Å². The lowest BCUT2D eigenvalue weighted by atomic mass is 10.1. The molecule has 1 aromatic heterocycles. The summed E-state index contributed by atoms with van der Waals surface area (Å²) in [6.07, 6.45) is 1.68. The fourth-order valence-corrected chi connectivity index (χ4v) is 3.12. The summed E-state index contributed by atoms with van der Waals surface area (Å²) in [7, 11) is 0. The van der Waals surface area contributed by atoms with Gasteiger partial charge in [-0.15, -0.1) is 0 Å². The molecule has 10 heteroatoms. The molecular formula is C17H11BrCl2N4O3. The Kier molecular flexibility index (Phi) is 5.79. The molecule has 0 unspecified atom stereocenters. The number of halogens is 3. The third-order valence-corrected chi connectivity index (χ3v) is 4.94. The Morgan fingerprint density at radius 2 is 1.96 bits per heavy atom. The van der Waals surface area contributed by atoms with E-state index in [-0.39, 0.29) is 17.1 Å². The highest BCUT2D eigenvalue weighted by Crippen LogP contribution is 2.26. The average Bonchev–Trinajstić information content (AvgIpc) is 2.97. The lowest BCUT2D eigenvalue weighted by molar-refractivity contribution is -0.385. The molecule has 0 saturated heterocycles. The molecule has 0 aliphatic carbocycles. The quantitative estimate of drug-likeness (QED) is 0.412. The normalized spacial score (nSPS) is 10.6. The van der Waals surface area contributed by atoms with Crippen LogP contribution in [0.1, 0.15) is 15.9 Å². The lowest BCUT2D eigenvalue weighted by Crippen LogP contribution is -2.15. The van der Waals surface area contributed by atoms with Crippen LogP contribution in [0.15, 0.2) is 53.1 Å². The minimum atomic E-state index is -0.622. The van der Waals surface area contributed by atoms with E-state index in [1.807, 2.05) is 6.07 Å². The molecule has 3 rings (SSSR count). The molecule has 7 nitrogen and oxygen atoms in total. The maximum atomic E-state index is 12.4. The number of anilines is 1. The Labute approximate surface area is 172 Å². The van der Waals surface area contributed by atoms with Crippen LogP contribution < -0.4 is 5.32 Å². The molecule has 0 aliphatic heterocycles. The summed E-state index contributed by atoms with van der Waals surface area (Å²) in [5.41, 5.74) is 0.547. The van der Waals surface area contributed by atoms with E-state index in [4.69, 9.17) is 23.2 Å². The van der Waals surface area contributed by atoms with Gasteiger partial charge in [-0.25, -0.2) is 0 Å². The number of nitro benzene ring substituents is 1. The molecule has 1 heterocycles. The van der Waals surface area contributed by atoms with Crippen LogP contribution in [0.5, 0.6) is 0 Å². The van der Waals surface area contributed by atoms with Gasteiger partial charge in [0, 0.05) is 12.3 Å². The zero-order chi connectivity index (χ0) is 19.6. The van der Waals surface area contributed by atoms with Crippen LogP contribution in [-0.2, 0) is 6.54 Å². The molecule has 0 atom stereocenters. The van der Waals surface area contributed by atoms with Crippen molar-refractivity contribution >= 4 is 56.5 Å². The topological polar surface area (TPSA) is 90.1 Å². The maximum Gasteiger partial charge on any atom is 0.282 e. The first-order valence-corrected chi connectivity index (χ1v) is 9.11. The van der Waals surface area contributed by atoms with Crippen LogP contribution in [0.4, 0.5) is 11.5 Å². The number of para-hydroxylation sites is 1. The Morgan fingerprint density at radius 1 is 1.22 bits per heavy atom. The number of rotatable bonds is 5. The molecule has 0 fully saturated rings. The van der Waals surface area contributed by atoms with Crippen molar-refractivity contribution in [2.24, 2.45) is 0 Å². The fourth-order valence-electron chi connectivity index (χ4n) is 2.39. The molecule has 1 N–H and O–H groups in total. The SMILES string of the molecule is O=C(Nc1nn(Cc2ccc(Cl)c(Cl)c2)cc1Br)c1ccccc1[N+](=O)[O-]. The van der Waals surface area contributed by atoms with Gasteiger partial charge in [0.15, 0.2) is 5.82 Å². The van der Waals surface area contributed by atoms with Gasteiger partial charge >= 0.3 is 0 Å². The minimum absolute atomic E-state index is 0.0477. The first-order valence-electron chi connectivity index (χ1n) is 7.57.